The third-order valence-corrected chi connectivity index (χ3v) is 7.69. The molecule has 0 aliphatic carbocycles. The number of nitrogens with zero attached hydrogens (tertiary/aromatic N) is 3. The summed E-state index contributed by atoms with van der Waals surface area (Å²) in [7, 11) is -4.35. The average Bonchev–Trinajstić information content (AvgIpc) is 2.78. The summed E-state index contributed by atoms with van der Waals surface area (Å²) in [6, 6.07) is 4.10. The molecule has 2 aliphatic rings. The minimum absolute atomic E-state index is 0.0814. The van der Waals surface area contributed by atoms with Gasteiger partial charge in [-0.1, -0.05) is 12.1 Å². The van der Waals surface area contributed by atoms with Gasteiger partial charge in [-0.3, -0.25) is 4.79 Å². The van der Waals surface area contributed by atoms with E-state index in [-0.39, 0.29) is 44.6 Å². The Balaban J connectivity index is 1.60. The van der Waals surface area contributed by atoms with Crippen LogP contribution in [0.3, 0.4) is 0 Å². The molecule has 8 nitrogen and oxygen atoms in total. The van der Waals surface area contributed by atoms with Gasteiger partial charge in [0.15, 0.2) is 0 Å². The number of carbonyl (C=O) groups is 2. The summed E-state index contributed by atoms with van der Waals surface area (Å²) in [5.41, 5.74) is -1.20. The quantitative estimate of drug-likeness (QED) is 0.665. The molecule has 1 aromatic carbocycles. The van der Waals surface area contributed by atoms with Crippen molar-refractivity contribution < 1.29 is 35.9 Å². The van der Waals surface area contributed by atoms with Gasteiger partial charge in [0.1, 0.15) is 0 Å². The van der Waals surface area contributed by atoms with Gasteiger partial charge in [0, 0.05) is 45.2 Å². The van der Waals surface area contributed by atoms with E-state index in [1.54, 1.807) is 16.7 Å². The van der Waals surface area contributed by atoms with Crippen LogP contribution in [-0.4, -0.2) is 80.4 Å². The maximum absolute atomic E-state index is 13.3. The van der Waals surface area contributed by atoms with Crippen molar-refractivity contribution in [1.82, 2.24) is 14.1 Å². The molecule has 178 valence electrons. The second kappa shape index (κ2) is 9.65. The van der Waals surface area contributed by atoms with Crippen LogP contribution in [0.5, 0.6) is 0 Å². The molecule has 2 fully saturated rings. The van der Waals surface area contributed by atoms with Crippen LogP contribution in [0.2, 0.25) is 0 Å². The first-order valence-corrected chi connectivity index (χ1v) is 11.9. The molecule has 2 aliphatic heterocycles. The van der Waals surface area contributed by atoms with Crippen LogP contribution in [-0.2, 0) is 25.7 Å². The van der Waals surface area contributed by atoms with Crippen molar-refractivity contribution in [3.8, 4) is 0 Å². The number of rotatable bonds is 4. The molecule has 3 rings (SSSR count). The van der Waals surface area contributed by atoms with Crippen LogP contribution in [0.25, 0.3) is 0 Å². The predicted octanol–water partition coefficient (Wildman–Crippen LogP) is 2.41. The molecule has 12 heteroatoms. The SMILES string of the molecule is CCOC(=O)N1CCC(C(=O)N2CCN(S(=O)(=O)c3ccccc3C(F)(F)F)CC2)CC1. The van der Waals surface area contributed by atoms with Gasteiger partial charge in [0.05, 0.1) is 17.1 Å². The number of hydrogen-bond donors (Lipinski definition) is 0. The lowest BCUT2D eigenvalue weighted by Gasteiger charge is -2.38. The van der Waals surface area contributed by atoms with E-state index in [1.165, 1.54) is 6.07 Å². The summed E-state index contributed by atoms with van der Waals surface area (Å²) in [6.45, 7) is 2.84. The Kier molecular flexibility index (Phi) is 7.33. The van der Waals surface area contributed by atoms with E-state index in [0.717, 1.165) is 22.5 Å². The molecule has 0 atom stereocenters. The molecule has 2 saturated heterocycles. The molecule has 32 heavy (non-hydrogen) atoms. The topological polar surface area (TPSA) is 87.2 Å². The minimum Gasteiger partial charge on any atom is -0.450 e. The molecular weight excluding hydrogens is 451 g/mol. The monoisotopic (exact) mass is 477 g/mol. The van der Waals surface area contributed by atoms with Crippen molar-refractivity contribution in [3.05, 3.63) is 29.8 Å². The van der Waals surface area contributed by atoms with Crippen molar-refractivity contribution in [2.45, 2.75) is 30.8 Å². The Morgan fingerprint density at radius 2 is 1.59 bits per heavy atom. The van der Waals surface area contributed by atoms with Crippen LogP contribution in [0.1, 0.15) is 25.3 Å². The van der Waals surface area contributed by atoms with E-state index >= 15 is 0 Å². The highest BCUT2D eigenvalue weighted by molar-refractivity contribution is 7.89. The van der Waals surface area contributed by atoms with Gasteiger partial charge < -0.3 is 14.5 Å². The number of alkyl halides is 3. The van der Waals surface area contributed by atoms with Crippen LogP contribution in [0.4, 0.5) is 18.0 Å². The maximum atomic E-state index is 13.3. The number of benzene rings is 1. The molecular formula is C20H26F3N3O5S. The Morgan fingerprint density at radius 1 is 1.00 bits per heavy atom. The number of sulfonamides is 1. The Bertz CT molecular complexity index is 938. The second-order valence-electron chi connectivity index (χ2n) is 7.68. The molecule has 1 aromatic rings. The van der Waals surface area contributed by atoms with Crippen LogP contribution < -0.4 is 0 Å². The fourth-order valence-electron chi connectivity index (χ4n) is 4.00. The first-order valence-electron chi connectivity index (χ1n) is 10.4. The van der Waals surface area contributed by atoms with E-state index in [9.17, 15) is 31.2 Å². The number of likely N-dealkylation sites (tertiary alicyclic amines) is 1. The van der Waals surface area contributed by atoms with Gasteiger partial charge in [0.25, 0.3) is 0 Å². The van der Waals surface area contributed by atoms with Crippen molar-refractivity contribution in [2.24, 2.45) is 5.92 Å². The summed E-state index contributed by atoms with van der Waals surface area (Å²) in [5, 5.41) is 0. The zero-order valence-corrected chi connectivity index (χ0v) is 18.5. The van der Waals surface area contributed by atoms with Gasteiger partial charge in [-0.2, -0.15) is 17.5 Å². The molecule has 0 N–H and O–H groups in total. The lowest BCUT2D eigenvalue weighted by Crippen LogP contribution is -2.53. The zero-order valence-electron chi connectivity index (χ0n) is 17.7. The lowest BCUT2D eigenvalue weighted by molar-refractivity contribution is -0.140. The number of hydrogen-bond acceptors (Lipinski definition) is 5. The van der Waals surface area contributed by atoms with Crippen molar-refractivity contribution in [1.29, 1.82) is 0 Å². The molecule has 0 radical (unpaired) electrons. The number of halogens is 3. The summed E-state index contributed by atoms with van der Waals surface area (Å²) in [6.07, 6.45) is -4.24. The standard InChI is InChI=1S/C20H26F3N3O5S/c1-2-31-19(28)25-9-7-15(8-10-25)18(27)24-11-13-26(14-12-24)32(29,30)17-6-4-3-5-16(17)20(21,22)23/h3-6,15H,2,7-14H2,1H3. The summed E-state index contributed by atoms with van der Waals surface area (Å²) in [4.78, 5) is 26.9. The number of carbonyl (C=O) groups excluding carboxylic acids is 2. The van der Waals surface area contributed by atoms with Crippen LogP contribution in [0.15, 0.2) is 29.2 Å². The van der Waals surface area contributed by atoms with E-state index < -0.39 is 32.8 Å². The molecule has 2 amide bonds. The first kappa shape index (κ1) is 24.3. The largest absolute Gasteiger partial charge is 0.450 e. The Labute approximate surface area is 185 Å². The van der Waals surface area contributed by atoms with Gasteiger partial charge in [-0.25, -0.2) is 13.2 Å². The zero-order chi connectivity index (χ0) is 23.5. The van der Waals surface area contributed by atoms with Gasteiger partial charge in [0.2, 0.25) is 15.9 Å². The molecule has 2 heterocycles. The highest BCUT2D eigenvalue weighted by Crippen LogP contribution is 2.35. The van der Waals surface area contributed by atoms with E-state index in [1.807, 2.05) is 0 Å². The molecule has 0 saturated carbocycles. The first-order chi connectivity index (χ1) is 15.1. The van der Waals surface area contributed by atoms with Crippen LogP contribution in [0, 0.1) is 5.92 Å². The van der Waals surface area contributed by atoms with Crippen molar-refractivity contribution in [3.63, 3.8) is 0 Å². The molecule has 0 aromatic heterocycles. The van der Waals surface area contributed by atoms with Gasteiger partial charge in [-0.15, -0.1) is 0 Å². The predicted molar refractivity (Wildman–Crippen MR) is 108 cm³/mol. The molecule has 0 bridgehead atoms. The smallest absolute Gasteiger partial charge is 0.417 e. The Morgan fingerprint density at radius 3 is 2.16 bits per heavy atom. The van der Waals surface area contributed by atoms with E-state index in [2.05, 4.69) is 0 Å². The lowest BCUT2D eigenvalue weighted by atomic mass is 9.95. The second-order valence-corrected chi connectivity index (χ2v) is 9.59. The van der Waals surface area contributed by atoms with Gasteiger partial charge >= 0.3 is 12.3 Å². The van der Waals surface area contributed by atoms with Crippen LogP contribution >= 0.6 is 0 Å². The Hall–Kier alpha value is -2.34. The van der Waals surface area contributed by atoms with Crippen molar-refractivity contribution in [2.75, 3.05) is 45.9 Å². The number of ether oxygens (including phenoxy) is 1. The molecule has 0 unspecified atom stereocenters. The average molecular weight is 478 g/mol. The third-order valence-electron chi connectivity index (χ3n) is 5.73. The summed E-state index contributed by atoms with van der Waals surface area (Å²) < 4.78 is 71.5. The maximum Gasteiger partial charge on any atom is 0.417 e. The third kappa shape index (κ3) is 5.17. The fraction of sp³-hybridized carbons (Fsp3) is 0.600. The minimum atomic E-state index is -4.79. The number of amides is 2. The molecule has 0 spiro atoms. The highest BCUT2D eigenvalue weighted by atomic mass is 32.2. The normalized spacial score (nSPS) is 19.1. The summed E-state index contributed by atoms with van der Waals surface area (Å²) >= 11 is 0. The van der Waals surface area contributed by atoms with Crippen molar-refractivity contribution >= 4 is 22.0 Å². The fourth-order valence-corrected chi connectivity index (χ4v) is 5.63. The summed E-state index contributed by atoms with van der Waals surface area (Å²) in [5.74, 6) is -0.406. The van der Waals surface area contributed by atoms with Gasteiger partial charge in [-0.05, 0) is 31.9 Å². The number of piperazine rings is 1. The number of piperidine rings is 1. The van der Waals surface area contributed by atoms with E-state index in [0.29, 0.717) is 25.9 Å². The highest BCUT2D eigenvalue weighted by Gasteiger charge is 2.40. The van der Waals surface area contributed by atoms with E-state index in [4.69, 9.17) is 4.74 Å².